The van der Waals surface area contributed by atoms with Gasteiger partial charge in [-0.3, -0.25) is 4.79 Å². The Morgan fingerprint density at radius 1 is 1.14 bits per heavy atom. The zero-order valence-corrected chi connectivity index (χ0v) is 21.6. The largest absolute Gasteiger partial charge is 0.461 e. The Labute approximate surface area is 208 Å². The molecule has 1 saturated heterocycles. The van der Waals surface area contributed by atoms with Gasteiger partial charge in [-0.2, -0.15) is 0 Å². The third-order valence-electron chi connectivity index (χ3n) is 9.08. The molecule has 0 aromatic heterocycles. The molecule has 8 heteroatoms. The summed E-state index contributed by atoms with van der Waals surface area (Å²) in [6.45, 7) is 10.1. The number of ether oxygens (including phenoxy) is 3. The number of fused-ring (bicyclic) bond motifs is 3. The van der Waals surface area contributed by atoms with E-state index in [1.165, 1.54) is 18.1 Å². The molecule has 0 aromatic carbocycles. The lowest BCUT2D eigenvalue weighted by Crippen LogP contribution is -2.56. The zero-order chi connectivity index (χ0) is 25.7. The fraction of sp³-hybridized carbons (Fsp3) is 0.815. The standard InChI is InChI=1S/C27H42O8/c1-14(2)17-6-7-26(4)8-9-27(5)18(22(17)26)11-19(29)16(12-33-15(3)28)10-21(27)35-25-24(32)23(31)20(30)13-34-25/h10,14,18-21,23-25,29-32H,6-9,11-13H2,1-5H3/t18-,19?,20-,21+,23+,24-,25+,26-,27-/m1/s1. The molecule has 0 aromatic rings. The Bertz CT molecular complexity index is 880. The Morgan fingerprint density at radius 3 is 2.51 bits per heavy atom. The summed E-state index contributed by atoms with van der Waals surface area (Å²) < 4.78 is 17.2. The summed E-state index contributed by atoms with van der Waals surface area (Å²) in [6, 6.07) is 0. The summed E-state index contributed by atoms with van der Waals surface area (Å²) in [6.07, 6.45) is -0.150. The number of hydrogen-bond acceptors (Lipinski definition) is 8. The van der Waals surface area contributed by atoms with Gasteiger partial charge in [0.15, 0.2) is 6.29 Å². The number of carbonyl (C=O) groups excluding carboxylic acids is 1. The second-order valence-corrected chi connectivity index (χ2v) is 11.8. The molecule has 35 heavy (non-hydrogen) atoms. The van der Waals surface area contributed by atoms with E-state index in [1.54, 1.807) is 0 Å². The molecular weight excluding hydrogens is 452 g/mol. The molecule has 198 valence electrons. The van der Waals surface area contributed by atoms with E-state index >= 15 is 0 Å². The summed E-state index contributed by atoms with van der Waals surface area (Å²) >= 11 is 0. The predicted molar refractivity (Wildman–Crippen MR) is 128 cm³/mol. The molecule has 3 aliphatic carbocycles. The van der Waals surface area contributed by atoms with Crippen LogP contribution in [0.5, 0.6) is 0 Å². The van der Waals surface area contributed by atoms with Crippen LogP contribution >= 0.6 is 0 Å². The molecule has 9 atom stereocenters. The van der Waals surface area contributed by atoms with Crippen molar-refractivity contribution < 1.29 is 39.4 Å². The van der Waals surface area contributed by atoms with Crippen LogP contribution in [0.2, 0.25) is 0 Å². The van der Waals surface area contributed by atoms with Crippen molar-refractivity contribution in [1.29, 1.82) is 0 Å². The van der Waals surface area contributed by atoms with Crippen LogP contribution in [-0.4, -0.2) is 76.4 Å². The third-order valence-corrected chi connectivity index (χ3v) is 9.08. The number of esters is 1. The molecule has 2 fully saturated rings. The second-order valence-electron chi connectivity index (χ2n) is 11.8. The first kappa shape index (κ1) is 26.8. The third kappa shape index (κ3) is 4.86. The monoisotopic (exact) mass is 494 g/mol. The number of hydrogen-bond donors (Lipinski definition) is 4. The number of carbonyl (C=O) groups is 1. The number of aliphatic hydroxyl groups is 4. The molecule has 1 aliphatic heterocycles. The van der Waals surface area contributed by atoms with Gasteiger partial charge in [0.1, 0.15) is 24.9 Å². The Morgan fingerprint density at radius 2 is 1.86 bits per heavy atom. The van der Waals surface area contributed by atoms with E-state index in [9.17, 15) is 25.2 Å². The van der Waals surface area contributed by atoms with Crippen molar-refractivity contribution in [3.05, 3.63) is 22.8 Å². The highest BCUT2D eigenvalue weighted by Gasteiger charge is 2.56. The lowest BCUT2D eigenvalue weighted by atomic mass is 9.54. The van der Waals surface area contributed by atoms with Gasteiger partial charge in [-0.05, 0) is 54.9 Å². The van der Waals surface area contributed by atoms with Crippen molar-refractivity contribution in [2.75, 3.05) is 13.2 Å². The molecule has 0 spiro atoms. The van der Waals surface area contributed by atoms with Crippen molar-refractivity contribution >= 4 is 5.97 Å². The maximum atomic E-state index is 11.5. The Balaban J connectivity index is 1.75. The predicted octanol–water partition coefficient (Wildman–Crippen LogP) is 2.23. The van der Waals surface area contributed by atoms with Crippen LogP contribution in [0.15, 0.2) is 22.8 Å². The first-order valence-corrected chi connectivity index (χ1v) is 12.9. The minimum Gasteiger partial charge on any atom is -0.461 e. The van der Waals surface area contributed by atoms with Crippen LogP contribution in [0.1, 0.15) is 66.7 Å². The molecule has 1 unspecified atom stereocenters. The minimum absolute atomic E-state index is 0.0310. The summed E-state index contributed by atoms with van der Waals surface area (Å²) in [7, 11) is 0. The molecule has 1 heterocycles. The summed E-state index contributed by atoms with van der Waals surface area (Å²) in [5.74, 6) is 0.00536. The smallest absolute Gasteiger partial charge is 0.302 e. The fourth-order valence-corrected chi connectivity index (χ4v) is 6.79. The summed E-state index contributed by atoms with van der Waals surface area (Å²) in [4.78, 5) is 11.5. The molecule has 0 radical (unpaired) electrons. The quantitative estimate of drug-likeness (QED) is 0.339. The van der Waals surface area contributed by atoms with E-state index in [2.05, 4.69) is 27.7 Å². The summed E-state index contributed by atoms with van der Waals surface area (Å²) in [5, 5.41) is 42.0. The van der Waals surface area contributed by atoms with E-state index in [0.717, 1.165) is 25.7 Å². The zero-order valence-electron chi connectivity index (χ0n) is 21.6. The van der Waals surface area contributed by atoms with Gasteiger partial charge in [0, 0.05) is 12.3 Å². The highest BCUT2D eigenvalue weighted by molar-refractivity contribution is 5.66. The topological polar surface area (TPSA) is 126 Å². The molecule has 0 amide bonds. The van der Waals surface area contributed by atoms with Gasteiger partial charge in [0.25, 0.3) is 0 Å². The molecule has 4 aliphatic rings. The van der Waals surface area contributed by atoms with Gasteiger partial charge in [-0.25, -0.2) is 0 Å². The Hall–Kier alpha value is -1.29. The SMILES string of the molecule is CC(=O)OCC1=C[C@H](O[C@@H]2OC[C@@H](O)[C@H](O)[C@H]2O)[C@]2(C)CC[C@@]3(C)CCC(C(C)C)=C3[C@H]2CC1O. The molecule has 0 bridgehead atoms. The van der Waals surface area contributed by atoms with E-state index in [1.807, 2.05) is 6.08 Å². The average molecular weight is 495 g/mol. The summed E-state index contributed by atoms with van der Waals surface area (Å²) in [5.41, 5.74) is 3.12. The maximum Gasteiger partial charge on any atom is 0.302 e. The van der Waals surface area contributed by atoms with Gasteiger partial charge in [0.2, 0.25) is 0 Å². The lowest BCUT2D eigenvalue weighted by molar-refractivity contribution is -0.289. The lowest BCUT2D eigenvalue weighted by Gasteiger charge is -2.53. The van der Waals surface area contributed by atoms with E-state index < -0.39 is 48.2 Å². The van der Waals surface area contributed by atoms with Gasteiger partial charge < -0.3 is 34.6 Å². The molecule has 1 saturated carbocycles. The van der Waals surface area contributed by atoms with Gasteiger partial charge in [-0.1, -0.05) is 44.9 Å². The second kappa shape index (κ2) is 9.88. The van der Waals surface area contributed by atoms with E-state index in [0.29, 0.717) is 17.9 Å². The molecule has 4 rings (SSSR count). The number of rotatable bonds is 5. The van der Waals surface area contributed by atoms with Gasteiger partial charge >= 0.3 is 5.97 Å². The molecular formula is C27H42O8. The highest BCUT2D eigenvalue weighted by atomic mass is 16.7. The van der Waals surface area contributed by atoms with Crippen LogP contribution in [-0.2, 0) is 19.0 Å². The van der Waals surface area contributed by atoms with Crippen molar-refractivity contribution in [1.82, 2.24) is 0 Å². The Kier molecular flexibility index (Phi) is 7.55. The van der Waals surface area contributed by atoms with Crippen LogP contribution in [0.4, 0.5) is 0 Å². The van der Waals surface area contributed by atoms with Crippen molar-refractivity contribution in [3.8, 4) is 0 Å². The van der Waals surface area contributed by atoms with Gasteiger partial charge in [-0.15, -0.1) is 0 Å². The van der Waals surface area contributed by atoms with Crippen molar-refractivity contribution in [3.63, 3.8) is 0 Å². The fourth-order valence-electron chi connectivity index (χ4n) is 6.79. The average Bonchev–Trinajstić information content (AvgIpc) is 3.10. The maximum absolute atomic E-state index is 11.5. The molecule has 8 nitrogen and oxygen atoms in total. The van der Waals surface area contributed by atoms with Crippen LogP contribution in [0, 0.1) is 22.7 Å². The van der Waals surface area contributed by atoms with Crippen LogP contribution in [0.3, 0.4) is 0 Å². The number of aliphatic hydroxyl groups excluding tert-OH is 4. The molecule has 4 N–H and O–H groups in total. The van der Waals surface area contributed by atoms with E-state index in [-0.39, 0.29) is 24.5 Å². The van der Waals surface area contributed by atoms with Crippen molar-refractivity contribution in [2.24, 2.45) is 22.7 Å². The first-order valence-electron chi connectivity index (χ1n) is 12.9. The first-order chi connectivity index (χ1) is 16.4. The highest BCUT2D eigenvalue weighted by Crippen LogP contribution is 2.63. The van der Waals surface area contributed by atoms with E-state index in [4.69, 9.17) is 14.2 Å². The minimum atomic E-state index is -1.41. The normalized spacial score (nSPS) is 43.9. The van der Waals surface area contributed by atoms with Gasteiger partial charge in [0.05, 0.1) is 18.8 Å². The number of allylic oxidation sites excluding steroid dienone is 2. The van der Waals surface area contributed by atoms with Crippen LogP contribution in [0.25, 0.3) is 0 Å². The van der Waals surface area contributed by atoms with Crippen molar-refractivity contribution in [2.45, 2.75) is 104 Å². The van der Waals surface area contributed by atoms with Crippen LogP contribution < -0.4 is 0 Å².